The predicted octanol–water partition coefficient (Wildman–Crippen LogP) is 2.61. The van der Waals surface area contributed by atoms with E-state index < -0.39 is 0 Å². The molecule has 1 aromatic carbocycles. The molecule has 0 atom stereocenters. The number of aromatic nitrogens is 1. The molecule has 0 saturated heterocycles. The Balaban J connectivity index is 1.97. The molecule has 9 heteroatoms. The van der Waals surface area contributed by atoms with Gasteiger partial charge >= 0.3 is 5.97 Å². The molecule has 0 amide bonds. The first kappa shape index (κ1) is 19.2. The third kappa shape index (κ3) is 5.75. The summed E-state index contributed by atoms with van der Waals surface area (Å²) in [7, 11) is 1.53. The van der Waals surface area contributed by atoms with Crippen LogP contribution in [0.1, 0.15) is 18.2 Å². The van der Waals surface area contributed by atoms with Crippen molar-refractivity contribution in [3.8, 4) is 17.6 Å². The Bertz CT molecular complexity index is 813. The fraction of sp³-hybridized carbons (Fsp3) is 0.294. The second kappa shape index (κ2) is 10.0. The highest BCUT2D eigenvalue weighted by Gasteiger charge is 2.08. The van der Waals surface area contributed by atoms with Gasteiger partial charge in [0.05, 0.1) is 32.0 Å². The number of carbonyl (C=O) groups excluding carboxylic acids is 1. The topological polar surface area (TPSA) is 106 Å². The molecule has 0 fully saturated rings. The Labute approximate surface area is 155 Å². The molecule has 0 unspecified atom stereocenters. The monoisotopic (exact) mass is 374 g/mol. The maximum absolute atomic E-state index is 11.4. The number of ether oxygens (including phenoxy) is 3. The quantitative estimate of drug-likeness (QED) is 0.408. The number of thiazole rings is 1. The van der Waals surface area contributed by atoms with Gasteiger partial charge in [-0.15, -0.1) is 11.3 Å². The predicted molar refractivity (Wildman–Crippen MR) is 97.8 cm³/mol. The lowest BCUT2D eigenvalue weighted by Gasteiger charge is -2.08. The minimum atomic E-state index is -0.309. The third-order valence-corrected chi connectivity index (χ3v) is 3.83. The number of methoxy groups -OCH3 is 1. The second-order valence-electron chi connectivity index (χ2n) is 4.85. The van der Waals surface area contributed by atoms with Crippen LogP contribution < -0.4 is 14.9 Å². The summed E-state index contributed by atoms with van der Waals surface area (Å²) in [6, 6.07) is 7.16. The van der Waals surface area contributed by atoms with Crippen molar-refractivity contribution in [3.05, 3.63) is 34.8 Å². The van der Waals surface area contributed by atoms with Gasteiger partial charge in [-0.1, -0.05) is 0 Å². The van der Waals surface area contributed by atoms with Crippen LogP contribution in [-0.2, 0) is 16.0 Å². The Morgan fingerprint density at radius 3 is 3.04 bits per heavy atom. The van der Waals surface area contributed by atoms with E-state index in [9.17, 15) is 4.79 Å². The molecule has 0 aliphatic rings. The summed E-state index contributed by atoms with van der Waals surface area (Å²) in [5.74, 6) is 0.689. The number of hydrazone groups is 1. The SMILES string of the molecule is CCOC(=O)Cc1csc(NN=Cc2ccc(OC)c(OCC#N)c2)n1. The van der Waals surface area contributed by atoms with Crippen molar-refractivity contribution in [1.82, 2.24) is 4.98 Å². The fourth-order valence-corrected chi connectivity index (χ4v) is 2.62. The molecule has 0 radical (unpaired) electrons. The largest absolute Gasteiger partial charge is 0.493 e. The lowest BCUT2D eigenvalue weighted by atomic mass is 10.2. The first-order valence-corrected chi connectivity index (χ1v) is 8.61. The van der Waals surface area contributed by atoms with Gasteiger partial charge in [0.2, 0.25) is 5.13 Å². The van der Waals surface area contributed by atoms with Crippen LogP contribution in [0.15, 0.2) is 28.7 Å². The van der Waals surface area contributed by atoms with Crippen LogP contribution in [0.25, 0.3) is 0 Å². The highest BCUT2D eigenvalue weighted by atomic mass is 32.1. The van der Waals surface area contributed by atoms with E-state index >= 15 is 0 Å². The van der Waals surface area contributed by atoms with Crippen LogP contribution in [0.5, 0.6) is 11.5 Å². The van der Waals surface area contributed by atoms with E-state index in [-0.39, 0.29) is 19.0 Å². The second-order valence-corrected chi connectivity index (χ2v) is 5.71. The molecule has 0 bridgehead atoms. The first-order chi connectivity index (χ1) is 12.7. The Morgan fingerprint density at radius 1 is 1.46 bits per heavy atom. The standard InChI is InChI=1S/C17H18N4O4S/c1-3-24-16(22)9-13-11-26-17(20-13)21-19-10-12-4-5-14(23-2)15(8-12)25-7-6-18/h4-5,8,10-11H,3,7,9H2,1-2H3,(H,20,21). The average molecular weight is 374 g/mol. The van der Waals surface area contributed by atoms with Gasteiger partial charge < -0.3 is 14.2 Å². The highest BCUT2D eigenvalue weighted by molar-refractivity contribution is 7.13. The normalized spacial score (nSPS) is 10.3. The maximum Gasteiger partial charge on any atom is 0.311 e. The Hall–Kier alpha value is -3.12. The van der Waals surface area contributed by atoms with E-state index in [0.717, 1.165) is 5.56 Å². The molecule has 1 N–H and O–H groups in total. The smallest absolute Gasteiger partial charge is 0.311 e. The van der Waals surface area contributed by atoms with Gasteiger partial charge in [0, 0.05) is 5.38 Å². The van der Waals surface area contributed by atoms with E-state index in [2.05, 4.69) is 15.5 Å². The van der Waals surface area contributed by atoms with Gasteiger partial charge in [-0.3, -0.25) is 10.2 Å². The minimum absolute atomic E-state index is 0.0719. The van der Waals surface area contributed by atoms with Gasteiger partial charge in [0.15, 0.2) is 18.1 Å². The molecule has 0 spiro atoms. The van der Waals surface area contributed by atoms with Crippen molar-refractivity contribution in [1.29, 1.82) is 5.26 Å². The highest BCUT2D eigenvalue weighted by Crippen LogP contribution is 2.27. The molecule has 1 heterocycles. The first-order valence-electron chi connectivity index (χ1n) is 7.73. The summed E-state index contributed by atoms with van der Waals surface area (Å²) in [5.41, 5.74) is 4.20. The van der Waals surface area contributed by atoms with Gasteiger partial charge in [-0.2, -0.15) is 10.4 Å². The van der Waals surface area contributed by atoms with E-state index in [1.807, 2.05) is 6.07 Å². The van der Waals surface area contributed by atoms with Crippen LogP contribution in [0.4, 0.5) is 5.13 Å². The molecule has 8 nitrogen and oxygen atoms in total. The van der Waals surface area contributed by atoms with Crippen molar-refractivity contribution in [3.63, 3.8) is 0 Å². The zero-order valence-corrected chi connectivity index (χ0v) is 15.2. The number of nitrogens with one attached hydrogen (secondary N) is 1. The summed E-state index contributed by atoms with van der Waals surface area (Å²) in [4.78, 5) is 15.7. The summed E-state index contributed by atoms with van der Waals surface area (Å²) in [6.07, 6.45) is 1.72. The number of rotatable bonds is 9. The molecule has 0 saturated carbocycles. The number of hydrogen-bond donors (Lipinski definition) is 1. The molecule has 26 heavy (non-hydrogen) atoms. The number of nitriles is 1. The van der Waals surface area contributed by atoms with Crippen molar-refractivity contribution in [2.45, 2.75) is 13.3 Å². The lowest BCUT2D eigenvalue weighted by Crippen LogP contribution is -2.07. The van der Waals surface area contributed by atoms with Gasteiger partial charge in [-0.05, 0) is 30.7 Å². The molecule has 2 rings (SSSR count). The summed E-state index contributed by atoms with van der Waals surface area (Å²) < 4.78 is 15.4. The summed E-state index contributed by atoms with van der Waals surface area (Å²) in [5, 5.41) is 15.1. The molecule has 1 aromatic heterocycles. The maximum atomic E-state index is 11.4. The average Bonchev–Trinajstić information content (AvgIpc) is 3.07. The number of nitrogens with zero attached hydrogens (tertiary/aromatic N) is 3. The molecular weight excluding hydrogens is 356 g/mol. The van der Waals surface area contributed by atoms with Gasteiger partial charge in [-0.25, -0.2) is 4.98 Å². The van der Waals surface area contributed by atoms with Crippen LogP contribution >= 0.6 is 11.3 Å². The molecule has 136 valence electrons. The van der Waals surface area contributed by atoms with Gasteiger partial charge in [0.25, 0.3) is 0 Å². The zero-order chi connectivity index (χ0) is 18.8. The number of hydrogen-bond acceptors (Lipinski definition) is 9. The Kier molecular flexibility index (Phi) is 7.39. The third-order valence-electron chi connectivity index (χ3n) is 3.04. The van der Waals surface area contributed by atoms with E-state index in [0.29, 0.717) is 28.9 Å². The molecule has 0 aliphatic heterocycles. The minimum Gasteiger partial charge on any atom is -0.493 e. The zero-order valence-electron chi connectivity index (χ0n) is 14.4. The number of esters is 1. The molecule has 0 aliphatic carbocycles. The van der Waals surface area contributed by atoms with Crippen LogP contribution in [0, 0.1) is 11.3 Å². The van der Waals surface area contributed by atoms with Crippen LogP contribution in [-0.4, -0.2) is 37.5 Å². The van der Waals surface area contributed by atoms with E-state index in [1.54, 1.807) is 36.7 Å². The van der Waals surface area contributed by atoms with Gasteiger partial charge in [0.1, 0.15) is 6.07 Å². The molecule has 2 aromatic rings. The van der Waals surface area contributed by atoms with Crippen molar-refractivity contribution in [2.75, 3.05) is 25.7 Å². The van der Waals surface area contributed by atoms with Crippen molar-refractivity contribution in [2.24, 2.45) is 5.10 Å². The number of carbonyl (C=O) groups is 1. The van der Waals surface area contributed by atoms with Crippen LogP contribution in [0.2, 0.25) is 0 Å². The number of benzene rings is 1. The van der Waals surface area contributed by atoms with E-state index in [4.69, 9.17) is 19.5 Å². The lowest BCUT2D eigenvalue weighted by molar-refractivity contribution is -0.142. The number of anilines is 1. The van der Waals surface area contributed by atoms with Crippen LogP contribution in [0.3, 0.4) is 0 Å². The molecular formula is C17H18N4O4S. The summed E-state index contributed by atoms with van der Waals surface area (Å²) in [6.45, 7) is 2.04. The van der Waals surface area contributed by atoms with Crippen molar-refractivity contribution >= 4 is 28.7 Å². The van der Waals surface area contributed by atoms with Crippen molar-refractivity contribution < 1.29 is 19.0 Å². The summed E-state index contributed by atoms with van der Waals surface area (Å²) >= 11 is 1.34. The van der Waals surface area contributed by atoms with E-state index in [1.165, 1.54) is 18.4 Å². The Morgan fingerprint density at radius 2 is 2.31 bits per heavy atom. The fourth-order valence-electron chi connectivity index (χ4n) is 1.96.